The van der Waals surface area contributed by atoms with Crippen molar-refractivity contribution in [3.05, 3.63) is 10.8 Å². The molecular formula is C7H5F3O3S5. The zero-order valence-electron chi connectivity index (χ0n) is 8.55. The van der Waals surface area contributed by atoms with Crippen molar-refractivity contribution in [1.29, 1.82) is 0 Å². The fourth-order valence-electron chi connectivity index (χ4n) is 0.706. The van der Waals surface area contributed by atoms with Crippen molar-refractivity contribution in [2.45, 2.75) is 9.03 Å². The van der Waals surface area contributed by atoms with E-state index in [2.05, 4.69) is 17.0 Å². The lowest BCUT2D eigenvalue weighted by atomic mass is 10.7. The van der Waals surface area contributed by atoms with Crippen molar-refractivity contribution in [2.24, 2.45) is 0 Å². The molecule has 0 unspecified atom stereocenters. The lowest BCUT2D eigenvalue weighted by molar-refractivity contribution is -0.0517. The highest BCUT2D eigenvalue weighted by Gasteiger charge is 2.36. The minimum Gasteiger partial charge on any atom is -0.741 e. The second-order valence-electron chi connectivity index (χ2n) is 2.66. The highest BCUT2D eigenvalue weighted by atomic mass is 32.2. The predicted molar refractivity (Wildman–Crippen MR) is 69.5 cm³/mol. The van der Waals surface area contributed by atoms with E-state index in [0.29, 0.717) is 0 Å². The maximum atomic E-state index is 10.7. The van der Waals surface area contributed by atoms with E-state index in [0.717, 1.165) is 0 Å². The summed E-state index contributed by atoms with van der Waals surface area (Å²) in [6.07, 6.45) is 2.13. The summed E-state index contributed by atoms with van der Waals surface area (Å²) in [6.45, 7) is 0. The molecule has 2 aromatic heterocycles. The van der Waals surface area contributed by atoms with Crippen LogP contribution in [-0.2, 0) is 10.1 Å². The van der Waals surface area contributed by atoms with Crippen LogP contribution in [0.2, 0.25) is 0 Å². The van der Waals surface area contributed by atoms with Crippen molar-refractivity contribution in [1.82, 2.24) is 0 Å². The van der Waals surface area contributed by atoms with Gasteiger partial charge in [0.2, 0.25) is 0 Å². The summed E-state index contributed by atoms with van der Waals surface area (Å²) in [4.78, 5) is 0. The predicted octanol–water partition coefficient (Wildman–Crippen LogP) is 4.08. The Morgan fingerprint density at radius 3 is 2.33 bits per heavy atom. The second kappa shape index (κ2) is 6.01. The molecule has 0 fully saturated rings. The highest BCUT2D eigenvalue weighted by Crippen LogP contribution is 2.38. The lowest BCUT2D eigenvalue weighted by Crippen LogP contribution is -2.21. The Morgan fingerprint density at radius 1 is 1.39 bits per heavy atom. The molecule has 2 rings (SSSR count). The lowest BCUT2D eigenvalue weighted by Gasteiger charge is -2.08. The standard InChI is InChI=1S/C6H5S4.CHF3O3S/c1-7-6-9-4-2-8-3-5(4)10-6;2-1(3,4)8(5,6)7/h2-3H,1H3;(H,5,6,7)/q+1;/p-1. The molecule has 2 heterocycles. The fraction of sp³-hybridized carbons (Fsp3) is 0.286. The molecular weight excluding hydrogens is 349 g/mol. The Kier molecular flexibility index (Phi) is 5.38. The molecule has 11 heteroatoms. The molecule has 0 aliphatic carbocycles. The highest BCUT2D eigenvalue weighted by molar-refractivity contribution is 8.02. The number of rotatable bonds is 1. The van der Waals surface area contributed by atoms with Crippen LogP contribution >= 0.6 is 45.8 Å². The SMILES string of the molecule is CSc1sc2cscc2[s+]1.O=S(=O)([O-])C(F)(F)F. The first-order valence-electron chi connectivity index (χ1n) is 4.00. The Bertz CT molecular complexity index is 583. The minimum absolute atomic E-state index is 1.44. The van der Waals surface area contributed by atoms with Gasteiger partial charge in [-0.25, -0.2) is 8.42 Å². The summed E-state index contributed by atoms with van der Waals surface area (Å²) in [5.74, 6) is 0. The molecule has 2 aromatic rings. The molecule has 0 bridgehead atoms. The van der Waals surface area contributed by atoms with Gasteiger partial charge in [0.05, 0.1) is 0 Å². The van der Waals surface area contributed by atoms with Crippen LogP contribution in [0.4, 0.5) is 13.2 Å². The van der Waals surface area contributed by atoms with E-state index in [-0.39, 0.29) is 0 Å². The maximum Gasteiger partial charge on any atom is 0.485 e. The average molecular weight is 354 g/mol. The molecule has 102 valence electrons. The van der Waals surface area contributed by atoms with Crippen molar-refractivity contribution in [3.63, 3.8) is 0 Å². The zero-order chi connectivity index (χ0) is 14.0. The van der Waals surface area contributed by atoms with Gasteiger partial charge in [-0.3, -0.25) is 0 Å². The molecule has 0 spiro atoms. The Labute approximate surface area is 117 Å². The zero-order valence-corrected chi connectivity index (χ0v) is 12.6. The van der Waals surface area contributed by atoms with E-state index in [1.165, 1.54) is 12.9 Å². The van der Waals surface area contributed by atoms with Crippen molar-refractivity contribution in [2.75, 3.05) is 6.26 Å². The van der Waals surface area contributed by atoms with Crippen LogP contribution in [0.1, 0.15) is 0 Å². The summed E-state index contributed by atoms with van der Waals surface area (Å²) in [5.41, 5.74) is -5.65. The molecule has 0 aliphatic rings. The quantitative estimate of drug-likeness (QED) is 0.335. The Hall–Kier alpha value is 0.0600. The normalized spacial score (nSPS) is 12.3. The minimum atomic E-state index is -6.09. The van der Waals surface area contributed by atoms with Gasteiger partial charge in [-0.2, -0.15) is 13.2 Å². The summed E-state index contributed by atoms with van der Waals surface area (Å²) in [7, 11) is -6.09. The third kappa shape index (κ3) is 4.31. The number of hydrogen-bond acceptors (Lipinski definition) is 6. The molecule has 0 N–H and O–H groups in total. The summed E-state index contributed by atoms with van der Waals surface area (Å²) in [5, 5.41) is 4.44. The number of alkyl halides is 3. The van der Waals surface area contributed by atoms with Gasteiger partial charge in [0.1, 0.15) is 22.7 Å². The number of thioether (sulfide) groups is 1. The van der Waals surface area contributed by atoms with Crippen molar-refractivity contribution < 1.29 is 26.1 Å². The van der Waals surface area contributed by atoms with Crippen LogP contribution < -0.4 is 0 Å². The second-order valence-corrected chi connectivity index (χ2v) is 8.47. The van der Waals surface area contributed by atoms with Gasteiger partial charge in [-0.05, 0) is 6.26 Å². The number of thiophene rings is 1. The van der Waals surface area contributed by atoms with E-state index < -0.39 is 15.6 Å². The summed E-state index contributed by atoms with van der Waals surface area (Å²) >= 11 is 7.42. The van der Waals surface area contributed by atoms with Gasteiger partial charge in [-0.15, -0.1) is 11.3 Å². The topological polar surface area (TPSA) is 57.2 Å². The summed E-state index contributed by atoms with van der Waals surface area (Å²) in [6, 6.07) is 0. The third-order valence-electron chi connectivity index (χ3n) is 1.43. The maximum absolute atomic E-state index is 10.7. The summed E-state index contributed by atoms with van der Waals surface area (Å²) < 4.78 is 63.2. The Morgan fingerprint density at radius 2 is 1.94 bits per heavy atom. The van der Waals surface area contributed by atoms with Crippen LogP contribution in [0.15, 0.2) is 14.3 Å². The number of halogens is 3. The van der Waals surface area contributed by atoms with E-state index in [1.807, 2.05) is 34.4 Å². The van der Waals surface area contributed by atoms with Gasteiger partial charge in [0.25, 0.3) is 0 Å². The van der Waals surface area contributed by atoms with Crippen LogP contribution in [-0.4, -0.2) is 24.7 Å². The van der Waals surface area contributed by atoms with Gasteiger partial charge < -0.3 is 4.55 Å². The number of fused-ring (bicyclic) bond motifs is 1. The van der Waals surface area contributed by atoms with Crippen LogP contribution in [0, 0.1) is 0 Å². The van der Waals surface area contributed by atoms with Gasteiger partial charge in [0, 0.05) is 10.8 Å². The smallest absolute Gasteiger partial charge is 0.485 e. The molecule has 0 atom stereocenters. The van der Waals surface area contributed by atoms with Crippen LogP contribution in [0.25, 0.3) is 9.40 Å². The average Bonchev–Trinajstić information content (AvgIpc) is 2.73. The largest absolute Gasteiger partial charge is 0.741 e. The molecule has 0 aromatic carbocycles. The fourth-order valence-corrected chi connectivity index (χ4v) is 4.98. The van der Waals surface area contributed by atoms with Crippen LogP contribution in [0.3, 0.4) is 0 Å². The number of hydrogen-bond donors (Lipinski definition) is 0. The van der Waals surface area contributed by atoms with Gasteiger partial charge in [0.15, 0.2) is 19.5 Å². The Balaban J connectivity index is 0.000000187. The van der Waals surface area contributed by atoms with E-state index in [1.54, 1.807) is 11.3 Å². The van der Waals surface area contributed by atoms with E-state index in [9.17, 15) is 13.2 Å². The first kappa shape index (κ1) is 16.1. The monoisotopic (exact) mass is 354 g/mol. The molecule has 18 heavy (non-hydrogen) atoms. The molecule has 0 radical (unpaired) electrons. The van der Waals surface area contributed by atoms with E-state index >= 15 is 0 Å². The molecule has 0 aliphatic heterocycles. The van der Waals surface area contributed by atoms with Crippen molar-refractivity contribution in [3.8, 4) is 0 Å². The molecule has 0 saturated carbocycles. The van der Waals surface area contributed by atoms with E-state index in [4.69, 9.17) is 13.0 Å². The van der Waals surface area contributed by atoms with Gasteiger partial charge in [-0.1, -0.05) is 11.8 Å². The molecule has 0 saturated heterocycles. The van der Waals surface area contributed by atoms with Crippen LogP contribution in [0.5, 0.6) is 0 Å². The van der Waals surface area contributed by atoms with Crippen molar-refractivity contribution >= 4 is 65.3 Å². The third-order valence-corrected chi connectivity index (χ3v) is 6.95. The van der Waals surface area contributed by atoms with Gasteiger partial charge >= 0.3 is 9.03 Å². The first-order valence-corrected chi connectivity index (χ1v) is 9.21. The molecule has 3 nitrogen and oxygen atoms in total. The first-order chi connectivity index (χ1) is 8.15. The molecule has 0 amide bonds.